The third kappa shape index (κ3) is 5.99. The number of benzene rings is 3. The maximum absolute atomic E-state index is 11.7. The van der Waals surface area contributed by atoms with Gasteiger partial charge in [0.05, 0.1) is 22.4 Å². The molecule has 4 heterocycles. The lowest BCUT2D eigenvalue weighted by atomic mass is 9.82. The number of thiophene rings is 2. The molecule has 0 aliphatic heterocycles. The molecule has 48 heavy (non-hydrogen) atoms. The second-order valence-corrected chi connectivity index (χ2v) is 16.4. The van der Waals surface area contributed by atoms with Crippen LogP contribution in [0, 0.1) is 5.41 Å². The number of pyridine rings is 2. The Bertz CT molecular complexity index is 2280. The number of aromatic hydroxyl groups is 2. The Kier molecular flexibility index (Phi) is 8.13. The lowest BCUT2D eigenvalue weighted by molar-refractivity contribution is 0.349. The Morgan fingerprint density at radius 3 is 1.54 bits per heavy atom. The number of aromatic nitrogens is 2. The maximum atomic E-state index is 11.7. The second kappa shape index (κ2) is 12.2. The van der Waals surface area contributed by atoms with Crippen LogP contribution in [0.2, 0.25) is 0 Å². The van der Waals surface area contributed by atoms with Gasteiger partial charge in [0.1, 0.15) is 11.5 Å². The molecule has 0 radical (unpaired) electrons. The largest absolute Gasteiger partial charge is 0.507 e. The van der Waals surface area contributed by atoms with Crippen molar-refractivity contribution in [2.45, 2.75) is 59.8 Å². The summed E-state index contributed by atoms with van der Waals surface area (Å²) in [7, 11) is 0. The molecule has 242 valence electrons. The highest BCUT2D eigenvalue weighted by atomic mass is 32.1. The summed E-state index contributed by atoms with van der Waals surface area (Å²) in [6.45, 7) is 13.3. The lowest BCUT2D eigenvalue weighted by Crippen LogP contribution is -2.13. The van der Waals surface area contributed by atoms with Crippen LogP contribution in [0.5, 0.6) is 11.5 Å². The Morgan fingerprint density at radius 2 is 1.06 bits per heavy atom. The predicted molar refractivity (Wildman–Crippen MR) is 204 cm³/mol. The summed E-state index contributed by atoms with van der Waals surface area (Å²) in [6, 6.07) is 28.7. The van der Waals surface area contributed by atoms with Gasteiger partial charge in [-0.15, -0.1) is 22.7 Å². The highest BCUT2D eigenvalue weighted by Gasteiger charge is 2.23. The van der Waals surface area contributed by atoms with Crippen LogP contribution in [-0.4, -0.2) is 20.2 Å². The van der Waals surface area contributed by atoms with Crippen LogP contribution >= 0.6 is 22.7 Å². The van der Waals surface area contributed by atoms with E-state index >= 15 is 0 Å². The third-order valence-electron chi connectivity index (χ3n) is 9.43. The van der Waals surface area contributed by atoms with Crippen molar-refractivity contribution in [3.05, 3.63) is 107 Å². The molecule has 3 aromatic carbocycles. The first-order valence-electron chi connectivity index (χ1n) is 16.4. The van der Waals surface area contributed by atoms with Gasteiger partial charge in [0, 0.05) is 42.8 Å². The molecule has 2 N–H and O–H groups in total. The first-order valence-corrected chi connectivity index (χ1v) is 18.2. The molecule has 4 aromatic heterocycles. The number of nitrogens with zero attached hydrogens (tertiary/aromatic N) is 2. The van der Waals surface area contributed by atoms with Gasteiger partial charge in [0.25, 0.3) is 0 Å². The average molecular weight is 669 g/mol. The normalized spacial score (nSPS) is 12.3. The first-order chi connectivity index (χ1) is 22.9. The first kappa shape index (κ1) is 32.0. The van der Waals surface area contributed by atoms with E-state index in [-0.39, 0.29) is 22.3 Å². The summed E-state index contributed by atoms with van der Waals surface area (Å²) < 4.78 is 0. The monoisotopic (exact) mass is 668 g/mol. The molecular formula is C42H40N2O2S2. The molecular weight excluding hydrogens is 629 g/mol. The molecule has 0 aliphatic rings. The van der Waals surface area contributed by atoms with Crippen LogP contribution in [0.3, 0.4) is 0 Å². The van der Waals surface area contributed by atoms with E-state index in [2.05, 4.69) is 96.1 Å². The number of phenolic OH excluding ortho intramolecular Hbond substituents is 2. The zero-order valence-electron chi connectivity index (χ0n) is 28.3. The number of hydrogen-bond donors (Lipinski definition) is 2. The fraction of sp³-hybridized carbons (Fsp3) is 0.238. The maximum Gasteiger partial charge on any atom is 0.133 e. The van der Waals surface area contributed by atoms with Gasteiger partial charge in [-0.1, -0.05) is 84.4 Å². The van der Waals surface area contributed by atoms with Crippen LogP contribution in [-0.2, 0) is 11.8 Å². The summed E-state index contributed by atoms with van der Waals surface area (Å²) >= 11 is 3.24. The van der Waals surface area contributed by atoms with Crippen molar-refractivity contribution in [2.24, 2.45) is 5.41 Å². The molecule has 0 unspecified atom stereocenters. The van der Waals surface area contributed by atoms with Gasteiger partial charge in [-0.25, -0.2) is 9.97 Å². The van der Waals surface area contributed by atoms with Gasteiger partial charge in [0.15, 0.2) is 0 Å². The Balaban J connectivity index is 1.42. The highest BCUT2D eigenvalue weighted by molar-refractivity contribution is 7.13. The van der Waals surface area contributed by atoms with Gasteiger partial charge in [-0.3, -0.25) is 0 Å². The van der Waals surface area contributed by atoms with E-state index in [9.17, 15) is 10.2 Å². The standard InChI is InChI=1S/C42H40N2O2S2/c1-7-42(5,6)24-25-20-29(39(45)31(21-25)35-10-8-18-47-35)33-16-14-26-12-13-27-15-17-34(44-38(27)37(26)43-33)30-22-28(41(2,3)4)23-32(40(30)46)36-11-9-19-48-36/h8-23,45-46H,7,24H2,1-6H3. The zero-order valence-corrected chi connectivity index (χ0v) is 29.9. The third-order valence-corrected chi connectivity index (χ3v) is 11.2. The van der Waals surface area contributed by atoms with Crippen molar-refractivity contribution in [3.63, 3.8) is 0 Å². The van der Waals surface area contributed by atoms with E-state index in [0.717, 1.165) is 61.1 Å². The highest BCUT2D eigenvalue weighted by Crippen LogP contribution is 2.45. The molecule has 4 nitrogen and oxygen atoms in total. The minimum absolute atomic E-state index is 0.119. The fourth-order valence-electron chi connectivity index (χ4n) is 6.24. The molecule has 0 spiro atoms. The SMILES string of the molecule is CCC(C)(C)Cc1cc(-c2ccc3ccc4ccc(-c5cc(C(C)(C)C)cc(-c6cccs6)c5O)nc4c3n2)c(O)c(-c2cccs2)c1. The Labute approximate surface area is 290 Å². The smallest absolute Gasteiger partial charge is 0.133 e. The molecule has 0 bridgehead atoms. The van der Waals surface area contributed by atoms with Crippen LogP contribution in [0.15, 0.2) is 95.7 Å². The van der Waals surface area contributed by atoms with Gasteiger partial charge in [0.2, 0.25) is 0 Å². The van der Waals surface area contributed by atoms with Crippen LogP contribution in [0.4, 0.5) is 0 Å². The molecule has 6 heteroatoms. The predicted octanol–water partition coefficient (Wildman–Crippen LogP) is 12.3. The van der Waals surface area contributed by atoms with Gasteiger partial charge < -0.3 is 10.2 Å². The molecule has 7 aromatic rings. The van der Waals surface area contributed by atoms with E-state index in [1.54, 1.807) is 22.7 Å². The quantitative estimate of drug-likeness (QED) is 0.166. The zero-order chi connectivity index (χ0) is 33.8. The van der Waals surface area contributed by atoms with Crippen molar-refractivity contribution >= 4 is 44.5 Å². The number of fused-ring (bicyclic) bond motifs is 3. The molecule has 0 saturated heterocycles. The van der Waals surface area contributed by atoms with E-state index in [1.807, 2.05) is 41.1 Å². The van der Waals surface area contributed by atoms with Crippen molar-refractivity contribution in [3.8, 4) is 54.9 Å². The summed E-state index contributed by atoms with van der Waals surface area (Å²) in [5.74, 6) is 0.463. The van der Waals surface area contributed by atoms with Crippen LogP contribution in [0.25, 0.3) is 65.2 Å². The Morgan fingerprint density at radius 1 is 0.604 bits per heavy atom. The molecule has 0 aliphatic carbocycles. The molecule has 7 rings (SSSR count). The van der Waals surface area contributed by atoms with E-state index in [0.29, 0.717) is 22.5 Å². The fourth-order valence-corrected chi connectivity index (χ4v) is 7.73. The van der Waals surface area contributed by atoms with Crippen molar-refractivity contribution in [2.75, 3.05) is 0 Å². The summed E-state index contributed by atoms with van der Waals surface area (Å²) in [5.41, 5.74) is 8.26. The van der Waals surface area contributed by atoms with E-state index in [4.69, 9.17) is 9.97 Å². The van der Waals surface area contributed by atoms with E-state index in [1.165, 1.54) is 5.56 Å². The summed E-state index contributed by atoms with van der Waals surface area (Å²) in [6.07, 6.45) is 1.94. The average Bonchev–Trinajstić information content (AvgIpc) is 3.80. The molecule has 0 saturated carbocycles. The molecule has 0 atom stereocenters. The van der Waals surface area contributed by atoms with E-state index < -0.39 is 0 Å². The van der Waals surface area contributed by atoms with Crippen molar-refractivity contribution < 1.29 is 10.2 Å². The minimum atomic E-state index is -0.126. The summed E-state index contributed by atoms with van der Waals surface area (Å²) in [5, 5.41) is 29.4. The Hall–Kier alpha value is -4.52. The lowest BCUT2D eigenvalue weighted by Gasteiger charge is -2.24. The van der Waals surface area contributed by atoms with Crippen LogP contribution < -0.4 is 0 Å². The topological polar surface area (TPSA) is 66.2 Å². The van der Waals surface area contributed by atoms with Gasteiger partial charge in [-0.05, 0) is 87.7 Å². The number of rotatable bonds is 7. The number of hydrogen-bond acceptors (Lipinski definition) is 6. The van der Waals surface area contributed by atoms with Crippen molar-refractivity contribution in [1.29, 1.82) is 0 Å². The second-order valence-electron chi connectivity index (χ2n) is 14.5. The van der Waals surface area contributed by atoms with Gasteiger partial charge >= 0.3 is 0 Å². The summed E-state index contributed by atoms with van der Waals surface area (Å²) in [4.78, 5) is 12.4. The van der Waals surface area contributed by atoms with Crippen LogP contribution in [0.1, 0.15) is 59.1 Å². The van der Waals surface area contributed by atoms with Crippen molar-refractivity contribution in [1.82, 2.24) is 9.97 Å². The van der Waals surface area contributed by atoms with Gasteiger partial charge in [-0.2, -0.15) is 0 Å². The number of phenols is 2. The molecule has 0 amide bonds. The minimum Gasteiger partial charge on any atom is -0.507 e. The molecule has 0 fully saturated rings.